The fourth-order valence-corrected chi connectivity index (χ4v) is 5.42. The summed E-state index contributed by atoms with van der Waals surface area (Å²) in [5.41, 5.74) is 2.55. The van der Waals surface area contributed by atoms with Crippen molar-refractivity contribution in [3.8, 4) is 0 Å². The lowest BCUT2D eigenvalue weighted by Crippen LogP contribution is -2.45. The Kier molecular flexibility index (Phi) is 7.42. The second-order valence-electron chi connectivity index (χ2n) is 11.4. The number of aldehydes is 1. The van der Waals surface area contributed by atoms with Gasteiger partial charge in [-0.15, -0.1) is 0 Å². The number of benzene rings is 3. The van der Waals surface area contributed by atoms with Crippen LogP contribution in [0.5, 0.6) is 0 Å². The minimum Gasteiger partial charge on any atom is -0.444 e. The molecule has 0 unspecified atom stereocenters. The Labute approximate surface area is 228 Å². The molecule has 1 aliphatic carbocycles. The summed E-state index contributed by atoms with van der Waals surface area (Å²) < 4.78 is 7.39. The van der Waals surface area contributed by atoms with Crippen LogP contribution in [0.15, 0.2) is 66.7 Å². The van der Waals surface area contributed by atoms with E-state index in [1.807, 2.05) is 61.7 Å². The molecule has 1 saturated carbocycles. The van der Waals surface area contributed by atoms with Crippen LogP contribution in [-0.4, -0.2) is 40.5 Å². The number of nitrogens with one attached hydrogen (secondary N) is 2. The van der Waals surface area contributed by atoms with Crippen LogP contribution in [0.1, 0.15) is 72.9 Å². The van der Waals surface area contributed by atoms with Gasteiger partial charge in [0.2, 0.25) is 0 Å². The number of alkyl carbamates (subject to hydrolysis) is 1. The summed E-state index contributed by atoms with van der Waals surface area (Å²) in [5, 5.41) is 9.37. The van der Waals surface area contributed by atoms with E-state index in [1.54, 1.807) is 6.07 Å². The van der Waals surface area contributed by atoms with E-state index < -0.39 is 11.7 Å². The first-order valence-electron chi connectivity index (χ1n) is 13.6. The Morgan fingerprint density at radius 2 is 1.59 bits per heavy atom. The number of hydrogen-bond acceptors (Lipinski definition) is 4. The average molecular weight is 526 g/mol. The van der Waals surface area contributed by atoms with E-state index in [2.05, 4.69) is 34.9 Å². The van der Waals surface area contributed by atoms with Crippen LogP contribution < -0.4 is 10.6 Å². The van der Waals surface area contributed by atoms with Crippen LogP contribution in [-0.2, 0) is 11.3 Å². The zero-order valence-electron chi connectivity index (χ0n) is 22.7. The molecule has 5 rings (SSSR count). The zero-order chi connectivity index (χ0) is 27.6. The largest absolute Gasteiger partial charge is 0.444 e. The van der Waals surface area contributed by atoms with Crippen molar-refractivity contribution in [2.24, 2.45) is 0 Å². The lowest BCUT2D eigenvalue weighted by atomic mass is 9.91. The van der Waals surface area contributed by atoms with E-state index in [0.29, 0.717) is 17.8 Å². The van der Waals surface area contributed by atoms with Gasteiger partial charge in [0.25, 0.3) is 5.91 Å². The maximum Gasteiger partial charge on any atom is 0.407 e. The van der Waals surface area contributed by atoms with Crippen molar-refractivity contribution in [2.45, 2.75) is 70.7 Å². The third kappa shape index (κ3) is 6.14. The van der Waals surface area contributed by atoms with E-state index in [4.69, 9.17) is 4.74 Å². The number of aromatic nitrogens is 1. The lowest BCUT2D eigenvalue weighted by molar-refractivity contribution is 0.0487. The average Bonchev–Trinajstić information content (AvgIpc) is 3.26. The van der Waals surface area contributed by atoms with E-state index in [9.17, 15) is 14.4 Å². The van der Waals surface area contributed by atoms with Crippen molar-refractivity contribution in [3.63, 3.8) is 0 Å². The highest BCUT2D eigenvalue weighted by Gasteiger charge is 2.27. The number of ether oxygens (including phenoxy) is 1. The van der Waals surface area contributed by atoms with Gasteiger partial charge in [0.1, 0.15) is 17.6 Å². The molecular formula is C32H35N3O4. The number of nitrogens with zero attached hydrogens (tertiary/aromatic N) is 1. The highest BCUT2D eigenvalue weighted by atomic mass is 16.6. The number of rotatable bonds is 6. The number of fused-ring (bicyclic) bond motifs is 2. The molecule has 2 N–H and O–H groups in total. The van der Waals surface area contributed by atoms with Crippen molar-refractivity contribution < 1.29 is 19.1 Å². The van der Waals surface area contributed by atoms with Gasteiger partial charge in [0, 0.05) is 35.1 Å². The maximum absolute atomic E-state index is 13.6. The Balaban J connectivity index is 1.35. The third-order valence-corrected chi connectivity index (χ3v) is 7.29. The molecule has 0 bridgehead atoms. The molecule has 2 amide bonds. The molecule has 3 aromatic carbocycles. The van der Waals surface area contributed by atoms with Gasteiger partial charge in [0.05, 0.1) is 0 Å². The Hall–Kier alpha value is -4.13. The molecule has 0 aliphatic heterocycles. The molecule has 0 spiro atoms. The first kappa shape index (κ1) is 26.5. The third-order valence-electron chi connectivity index (χ3n) is 7.29. The molecule has 7 nitrogen and oxygen atoms in total. The van der Waals surface area contributed by atoms with Crippen molar-refractivity contribution >= 4 is 40.0 Å². The second-order valence-corrected chi connectivity index (χ2v) is 11.4. The quantitative estimate of drug-likeness (QED) is 0.293. The highest BCUT2D eigenvalue weighted by Crippen LogP contribution is 2.27. The molecular weight excluding hydrogens is 490 g/mol. The zero-order valence-corrected chi connectivity index (χ0v) is 22.7. The number of amides is 2. The lowest BCUT2D eigenvalue weighted by Gasteiger charge is -2.30. The molecule has 4 aromatic rings. The van der Waals surface area contributed by atoms with Crippen LogP contribution >= 0.6 is 0 Å². The summed E-state index contributed by atoms with van der Waals surface area (Å²) in [4.78, 5) is 37.3. The van der Waals surface area contributed by atoms with Gasteiger partial charge in [0.15, 0.2) is 0 Å². The standard InChI is InChI=1S/C32H35N3O4/c1-32(2,3)39-31(38)34-26-15-13-25(14-16-26)33-30(37)29-18-23-12-11-21(20-36)17-28(23)35(29)19-24-9-6-8-22-7-4-5-10-27(22)24/h4-12,17-18,20,25-26H,13-16,19H2,1-3H3,(H,33,37)(H,34,38). The van der Waals surface area contributed by atoms with Gasteiger partial charge in [-0.1, -0.05) is 54.6 Å². The Morgan fingerprint density at radius 1 is 0.897 bits per heavy atom. The Morgan fingerprint density at radius 3 is 2.31 bits per heavy atom. The summed E-state index contributed by atoms with van der Waals surface area (Å²) in [6, 6.07) is 21.9. The van der Waals surface area contributed by atoms with Crippen LogP contribution in [0.4, 0.5) is 4.79 Å². The molecule has 1 fully saturated rings. The molecule has 1 aromatic heterocycles. The van der Waals surface area contributed by atoms with E-state index in [-0.39, 0.29) is 18.0 Å². The van der Waals surface area contributed by atoms with Crippen LogP contribution in [0, 0.1) is 0 Å². The van der Waals surface area contributed by atoms with Gasteiger partial charge in [-0.05, 0) is 74.9 Å². The summed E-state index contributed by atoms with van der Waals surface area (Å²) in [6.07, 6.45) is 3.51. The van der Waals surface area contributed by atoms with Crippen LogP contribution in [0.2, 0.25) is 0 Å². The number of carbonyl (C=O) groups excluding carboxylic acids is 3. The van der Waals surface area contributed by atoms with Crippen molar-refractivity contribution in [1.82, 2.24) is 15.2 Å². The smallest absolute Gasteiger partial charge is 0.407 e. The van der Waals surface area contributed by atoms with Crippen molar-refractivity contribution in [3.05, 3.63) is 83.6 Å². The number of carbonyl (C=O) groups is 3. The first-order valence-corrected chi connectivity index (χ1v) is 13.6. The molecule has 1 heterocycles. The number of hydrogen-bond donors (Lipinski definition) is 2. The molecule has 39 heavy (non-hydrogen) atoms. The second kappa shape index (κ2) is 10.9. The fourth-order valence-electron chi connectivity index (χ4n) is 5.42. The molecule has 0 atom stereocenters. The summed E-state index contributed by atoms with van der Waals surface area (Å²) in [5.74, 6) is -0.136. The minimum atomic E-state index is -0.535. The Bertz CT molecular complexity index is 1520. The van der Waals surface area contributed by atoms with Gasteiger partial charge < -0.3 is 19.9 Å². The summed E-state index contributed by atoms with van der Waals surface area (Å²) >= 11 is 0. The van der Waals surface area contributed by atoms with Gasteiger partial charge >= 0.3 is 6.09 Å². The van der Waals surface area contributed by atoms with Crippen LogP contribution in [0.3, 0.4) is 0 Å². The molecule has 202 valence electrons. The van der Waals surface area contributed by atoms with E-state index in [0.717, 1.165) is 59.2 Å². The molecule has 0 radical (unpaired) electrons. The first-order chi connectivity index (χ1) is 18.7. The molecule has 0 saturated heterocycles. The van der Waals surface area contributed by atoms with Crippen molar-refractivity contribution in [2.75, 3.05) is 0 Å². The highest BCUT2D eigenvalue weighted by molar-refractivity contribution is 6.00. The van der Waals surface area contributed by atoms with Gasteiger partial charge in [-0.2, -0.15) is 0 Å². The summed E-state index contributed by atoms with van der Waals surface area (Å²) in [7, 11) is 0. The van der Waals surface area contributed by atoms with E-state index >= 15 is 0 Å². The summed E-state index contributed by atoms with van der Waals surface area (Å²) in [6.45, 7) is 6.04. The van der Waals surface area contributed by atoms with Crippen molar-refractivity contribution in [1.29, 1.82) is 0 Å². The molecule has 7 heteroatoms. The normalized spacial score (nSPS) is 17.6. The predicted octanol–water partition coefficient (Wildman–Crippen LogP) is 6.22. The van der Waals surface area contributed by atoms with E-state index in [1.165, 1.54) is 0 Å². The van der Waals surface area contributed by atoms with Crippen LogP contribution in [0.25, 0.3) is 21.7 Å². The monoisotopic (exact) mass is 525 g/mol. The fraction of sp³-hybridized carbons (Fsp3) is 0.344. The maximum atomic E-state index is 13.6. The molecule has 1 aliphatic rings. The topological polar surface area (TPSA) is 89.4 Å². The van der Waals surface area contributed by atoms with Gasteiger partial charge in [-0.3, -0.25) is 9.59 Å². The minimum absolute atomic E-state index is 0.0174. The SMILES string of the molecule is CC(C)(C)OC(=O)NC1CCC(NC(=O)c2cc3ccc(C=O)cc3n2Cc2cccc3ccccc23)CC1. The predicted molar refractivity (Wildman–Crippen MR) is 153 cm³/mol. The van der Waals surface area contributed by atoms with Gasteiger partial charge in [-0.25, -0.2) is 4.79 Å².